The van der Waals surface area contributed by atoms with Crippen molar-refractivity contribution < 1.29 is 33.2 Å². The highest BCUT2D eigenvalue weighted by atomic mass is 127. The highest BCUT2D eigenvalue weighted by molar-refractivity contribution is 5.18. The molecule has 0 spiro atoms. The Labute approximate surface area is 128 Å². The number of halogens is 1. The summed E-state index contributed by atoms with van der Waals surface area (Å²) in [7, 11) is 0. The van der Waals surface area contributed by atoms with E-state index < -0.39 is 0 Å². The van der Waals surface area contributed by atoms with E-state index in [1.54, 1.807) is 6.20 Å². The van der Waals surface area contributed by atoms with Gasteiger partial charge in [0.25, 0.3) is 0 Å². The number of quaternary nitrogens is 1. The van der Waals surface area contributed by atoms with E-state index in [1.807, 2.05) is 12.1 Å². The Balaban J connectivity index is 0.00000289. The van der Waals surface area contributed by atoms with E-state index in [-0.39, 0.29) is 24.0 Å². The smallest absolute Gasteiger partial charge is 0.213 e. The van der Waals surface area contributed by atoms with Gasteiger partial charge in [0, 0.05) is 12.3 Å². The van der Waals surface area contributed by atoms with Crippen molar-refractivity contribution in [2.75, 3.05) is 32.8 Å². The van der Waals surface area contributed by atoms with E-state index in [0.29, 0.717) is 0 Å². The number of rotatable bonds is 7. The summed E-state index contributed by atoms with van der Waals surface area (Å²) >= 11 is 0. The summed E-state index contributed by atoms with van der Waals surface area (Å²) in [6.07, 6.45) is 1.80. The number of pyridine rings is 1. The molecular weight excluding hydrogens is 339 g/mol. The molecule has 1 heterocycles. The second-order valence-corrected chi connectivity index (χ2v) is 4.53. The molecule has 1 aromatic heterocycles. The Kier molecular flexibility index (Phi) is 8.52. The Morgan fingerprint density at radius 2 is 1.78 bits per heavy atom. The molecule has 18 heavy (non-hydrogen) atoms. The van der Waals surface area contributed by atoms with Gasteiger partial charge in [-0.05, 0) is 39.3 Å². The van der Waals surface area contributed by atoms with Crippen LogP contribution in [0.15, 0.2) is 18.3 Å². The normalized spacial score (nSPS) is 10.9. The fourth-order valence-electron chi connectivity index (χ4n) is 2.08. The maximum absolute atomic E-state index is 5.72. The van der Waals surface area contributed by atoms with Gasteiger partial charge in [-0.15, -0.1) is 0 Å². The average molecular weight is 364 g/mol. The van der Waals surface area contributed by atoms with Crippen molar-refractivity contribution in [1.82, 2.24) is 4.98 Å². The first kappa shape index (κ1) is 17.6. The summed E-state index contributed by atoms with van der Waals surface area (Å²) in [5, 5.41) is 0. The maximum Gasteiger partial charge on any atom is 0.213 e. The van der Waals surface area contributed by atoms with Crippen molar-refractivity contribution in [3.63, 3.8) is 0 Å². The Morgan fingerprint density at radius 1 is 1.17 bits per heavy atom. The van der Waals surface area contributed by atoms with Crippen LogP contribution >= 0.6 is 0 Å². The van der Waals surface area contributed by atoms with Crippen LogP contribution in [0.1, 0.15) is 26.3 Å². The molecule has 0 aromatic carbocycles. The summed E-state index contributed by atoms with van der Waals surface area (Å²) in [5.41, 5.74) is 1.19. The minimum Gasteiger partial charge on any atom is -1.00 e. The molecule has 0 N–H and O–H groups in total. The van der Waals surface area contributed by atoms with Crippen molar-refractivity contribution in [2.45, 2.75) is 27.7 Å². The monoisotopic (exact) mass is 364 g/mol. The summed E-state index contributed by atoms with van der Waals surface area (Å²) in [6, 6.07) is 3.97. The van der Waals surface area contributed by atoms with Crippen molar-refractivity contribution in [2.24, 2.45) is 0 Å². The third-order valence-electron chi connectivity index (χ3n) is 3.72. The fraction of sp³-hybridized carbons (Fsp3) is 0.643. The number of aromatic nitrogens is 1. The molecule has 0 radical (unpaired) electrons. The van der Waals surface area contributed by atoms with Gasteiger partial charge in [-0.3, -0.25) is 0 Å². The lowest BCUT2D eigenvalue weighted by Gasteiger charge is -2.35. The third-order valence-corrected chi connectivity index (χ3v) is 3.72. The van der Waals surface area contributed by atoms with Gasteiger partial charge in [0.15, 0.2) is 0 Å². The Bertz CT molecular complexity index is 332. The number of hydrogen-bond acceptors (Lipinski definition) is 2. The Morgan fingerprint density at radius 3 is 2.28 bits per heavy atom. The van der Waals surface area contributed by atoms with Crippen molar-refractivity contribution in [1.29, 1.82) is 0 Å². The molecule has 0 amide bonds. The fourth-order valence-corrected chi connectivity index (χ4v) is 2.08. The summed E-state index contributed by atoms with van der Waals surface area (Å²) in [4.78, 5) is 4.21. The second kappa shape index (κ2) is 8.69. The lowest BCUT2D eigenvalue weighted by Crippen LogP contribution is -3.00. The first-order valence-corrected chi connectivity index (χ1v) is 6.56. The van der Waals surface area contributed by atoms with Crippen LogP contribution in [0, 0.1) is 6.92 Å². The van der Waals surface area contributed by atoms with Gasteiger partial charge < -0.3 is 33.2 Å². The summed E-state index contributed by atoms with van der Waals surface area (Å²) in [6.45, 7) is 14.1. The molecule has 0 saturated carbocycles. The standard InChI is InChI=1S/C14H25N2O.HI/c1-5-16(6-2,7-3)10-11-17-14-12-13(4)8-9-15-14;/h8-9,12H,5-7,10-11H2,1-4H3;1H/q+1;/p-1. The number of aryl methyl sites for hydroxylation is 1. The molecule has 0 aliphatic heterocycles. The van der Waals surface area contributed by atoms with Gasteiger partial charge in [-0.1, -0.05) is 0 Å². The van der Waals surface area contributed by atoms with Crippen LogP contribution in [-0.2, 0) is 0 Å². The van der Waals surface area contributed by atoms with Gasteiger partial charge in [0.05, 0.1) is 19.6 Å². The zero-order chi connectivity index (χ0) is 12.7. The molecule has 0 fully saturated rings. The summed E-state index contributed by atoms with van der Waals surface area (Å²) < 4.78 is 6.84. The van der Waals surface area contributed by atoms with Crippen LogP contribution in [0.2, 0.25) is 0 Å². The minimum absolute atomic E-state index is 0. The van der Waals surface area contributed by atoms with Gasteiger partial charge in [0.1, 0.15) is 13.2 Å². The van der Waals surface area contributed by atoms with E-state index in [9.17, 15) is 0 Å². The highest BCUT2D eigenvalue weighted by Gasteiger charge is 2.20. The number of hydrogen-bond donors (Lipinski definition) is 0. The van der Waals surface area contributed by atoms with Gasteiger partial charge in [0.2, 0.25) is 5.88 Å². The number of nitrogens with zero attached hydrogens (tertiary/aromatic N) is 2. The van der Waals surface area contributed by atoms with Crippen molar-refractivity contribution >= 4 is 0 Å². The highest BCUT2D eigenvalue weighted by Crippen LogP contribution is 2.10. The van der Waals surface area contributed by atoms with Crippen LogP contribution in [0.25, 0.3) is 0 Å². The van der Waals surface area contributed by atoms with Gasteiger partial charge in [-0.2, -0.15) is 0 Å². The third kappa shape index (κ3) is 5.10. The molecule has 1 rings (SSSR count). The van der Waals surface area contributed by atoms with Crippen molar-refractivity contribution in [3.05, 3.63) is 23.9 Å². The SMILES string of the molecule is CC[N+](CC)(CC)CCOc1cc(C)ccn1.[I-]. The topological polar surface area (TPSA) is 22.1 Å². The molecule has 4 heteroatoms. The van der Waals surface area contributed by atoms with Crippen LogP contribution in [0.3, 0.4) is 0 Å². The van der Waals surface area contributed by atoms with Crippen LogP contribution in [0.4, 0.5) is 0 Å². The molecule has 0 aliphatic carbocycles. The molecule has 1 aromatic rings. The maximum atomic E-state index is 5.72. The van der Waals surface area contributed by atoms with E-state index in [1.165, 1.54) is 5.56 Å². The zero-order valence-electron chi connectivity index (χ0n) is 11.9. The molecule has 0 aliphatic rings. The van der Waals surface area contributed by atoms with Crippen LogP contribution in [-0.4, -0.2) is 42.3 Å². The zero-order valence-corrected chi connectivity index (χ0v) is 14.1. The van der Waals surface area contributed by atoms with E-state index >= 15 is 0 Å². The second-order valence-electron chi connectivity index (χ2n) is 4.53. The van der Waals surface area contributed by atoms with E-state index in [4.69, 9.17) is 4.74 Å². The first-order chi connectivity index (χ1) is 8.15. The van der Waals surface area contributed by atoms with E-state index in [2.05, 4.69) is 32.7 Å². The molecule has 104 valence electrons. The van der Waals surface area contributed by atoms with Gasteiger partial charge in [-0.25, -0.2) is 4.98 Å². The quantitative estimate of drug-likeness (QED) is 0.488. The molecule has 0 unspecified atom stereocenters. The molecule has 0 atom stereocenters. The predicted octanol–water partition coefficient (Wildman–Crippen LogP) is -0.351. The predicted molar refractivity (Wildman–Crippen MR) is 71.2 cm³/mol. The molecule has 0 saturated heterocycles. The first-order valence-electron chi connectivity index (χ1n) is 6.56. The van der Waals surface area contributed by atoms with Crippen LogP contribution in [0.5, 0.6) is 5.88 Å². The average Bonchev–Trinajstić information content (AvgIpc) is 2.35. The minimum atomic E-state index is 0. The number of ether oxygens (including phenoxy) is 1. The lowest BCUT2D eigenvalue weighted by atomic mass is 10.3. The summed E-state index contributed by atoms with van der Waals surface area (Å²) in [5.74, 6) is 0.742. The van der Waals surface area contributed by atoms with Gasteiger partial charge >= 0.3 is 0 Å². The lowest BCUT2D eigenvalue weighted by molar-refractivity contribution is -0.923. The van der Waals surface area contributed by atoms with E-state index in [0.717, 1.165) is 43.1 Å². The molecule has 0 bridgehead atoms. The number of likely N-dealkylation sites (N-methyl/N-ethyl adjacent to an activating group) is 1. The Hall–Kier alpha value is -0.360. The van der Waals surface area contributed by atoms with Crippen molar-refractivity contribution in [3.8, 4) is 5.88 Å². The largest absolute Gasteiger partial charge is 1.00 e. The molecule has 3 nitrogen and oxygen atoms in total. The van der Waals surface area contributed by atoms with Crippen LogP contribution < -0.4 is 28.7 Å². The molecular formula is C14H25IN2O.